The van der Waals surface area contributed by atoms with Gasteiger partial charge in [-0.1, -0.05) is 31.4 Å². The number of para-hydroxylation sites is 1. The summed E-state index contributed by atoms with van der Waals surface area (Å²) in [6.07, 6.45) is 6.88. The predicted molar refractivity (Wildman–Crippen MR) is 129 cm³/mol. The summed E-state index contributed by atoms with van der Waals surface area (Å²) in [6, 6.07) is 8.34. The lowest BCUT2D eigenvalue weighted by atomic mass is 9.94. The van der Waals surface area contributed by atoms with E-state index in [0.29, 0.717) is 23.5 Å². The molecule has 1 saturated carbocycles. The summed E-state index contributed by atoms with van der Waals surface area (Å²) in [4.78, 5) is 38.6. The van der Waals surface area contributed by atoms with Crippen LogP contribution in [-0.2, 0) is 9.59 Å². The van der Waals surface area contributed by atoms with Crippen molar-refractivity contribution in [3.05, 3.63) is 30.1 Å². The number of amides is 2. The second-order valence-corrected chi connectivity index (χ2v) is 9.23. The minimum absolute atomic E-state index is 0.0385. The summed E-state index contributed by atoms with van der Waals surface area (Å²) >= 11 is 0. The molecule has 0 unspecified atom stereocenters. The van der Waals surface area contributed by atoms with Gasteiger partial charge < -0.3 is 4.90 Å². The summed E-state index contributed by atoms with van der Waals surface area (Å²) in [7, 11) is 0. The first-order valence-corrected chi connectivity index (χ1v) is 12.3. The zero-order chi connectivity index (χ0) is 23.5. The molecule has 3 aromatic rings. The monoisotopic (exact) mass is 464 g/mol. The molecule has 0 bridgehead atoms. The van der Waals surface area contributed by atoms with Gasteiger partial charge in [-0.15, -0.1) is 5.10 Å². The number of hydrogen-bond acceptors (Lipinski definition) is 7. The van der Waals surface area contributed by atoms with Crippen LogP contribution < -0.4 is 10.9 Å². The SMILES string of the molecule is Cc1nc2c3ccccc3nc(NNC(=O)CCC(=O)N3CCN(C4CCCCC4)CC3)n2n1. The summed E-state index contributed by atoms with van der Waals surface area (Å²) in [5.41, 5.74) is 6.93. The van der Waals surface area contributed by atoms with Crippen LogP contribution in [0.3, 0.4) is 0 Å². The molecule has 0 atom stereocenters. The third-order valence-electron chi connectivity index (χ3n) is 6.92. The van der Waals surface area contributed by atoms with Crippen LogP contribution in [-0.4, -0.2) is 73.4 Å². The normalized spacial score (nSPS) is 17.9. The topological polar surface area (TPSA) is 108 Å². The fourth-order valence-electron chi connectivity index (χ4n) is 5.09. The Hall–Kier alpha value is -3.27. The summed E-state index contributed by atoms with van der Waals surface area (Å²) < 4.78 is 1.58. The Kier molecular flexibility index (Phi) is 6.57. The lowest BCUT2D eigenvalue weighted by Crippen LogP contribution is -2.52. The first-order chi connectivity index (χ1) is 16.6. The molecule has 10 heteroatoms. The number of aromatic nitrogens is 4. The van der Waals surface area contributed by atoms with Gasteiger partial charge in [-0.25, -0.2) is 9.97 Å². The molecule has 1 aliphatic carbocycles. The highest BCUT2D eigenvalue weighted by Gasteiger charge is 2.27. The molecule has 1 saturated heterocycles. The number of hydrogen-bond donors (Lipinski definition) is 2. The van der Waals surface area contributed by atoms with E-state index in [1.165, 1.54) is 32.1 Å². The second-order valence-electron chi connectivity index (χ2n) is 9.23. The number of fused-ring (bicyclic) bond motifs is 3. The van der Waals surface area contributed by atoms with Crippen LogP contribution in [0.25, 0.3) is 16.6 Å². The largest absolute Gasteiger partial charge is 0.340 e. The maximum atomic E-state index is 12.7. The molecule has 3 heterocycles. The molecular formula is C24H32N8O2. The van der Waals surface area contributed by atoms with Gasteiger partial charge in [-0.3, -0.25) is 25.3 Å². The van der Waals surface area contributed by atoms with Crippen LogP contribution >= 0.6 is 0 Å². The predicted octanol–water partition coefficient (Wildman–Crippen LogP) is 2.29. The Morgan fingerprint density at radius 1 is 1.00 bits per heavy atom. The van der Waals surface area contributed by atoms with Crippen molar-refractivity contribution in [1.29, 1.82) is 0 Å². The van der Waals surface area contributed by atoms with Gasteiger partial charge in [-0.2, -0.15) is 4.52 Å². The number of aryl methyl sites for hydroxylation is 1. The molecule has 0 spiro atoms. The zero-order valence-corrected chi connectivity index (χ0v) is 19.7. The smallest absolute Gasteiger partial charge is 0.245 e. The molecule has 2 fully saturated rings. The van der Waals surface area contributed by atoms with Crippen LogP contribution in [0.5, 0.6) is 0 Å². The molecule has 2 amide bonds. The minimum atomic E-state index is -0.269. The standard InChI is InChI=1S/C24H32N8O2/c1-17-25-23-19-9-5-6-10-20(19)26-24(32(23)29-17)28-27-21(33)11-12-22(34)31-15-13-30(14-16-31)18-7-3-2-4-8-18/h5-6,9-10,18H,2-4,7-8,11-16H2,1H3,(H,26,28)(H,27,33). The highest BCUT2D eigenvalue weighted by molar-refractivity contribution is 5.92. The first-order valence-electron chi connectivity index (χ1n) is 12.3. The van der Waals surface area contributed by atoms with Crippen molar-refractivity contribution in [2.24, 2.45) is 0 Å². The van der Waals surface area contributed by atoms with Crippen LogP contribution in [0.2, 0.25) is 0 Å². The van der Waals surface area contributed by atoms with Crippen molar-refractivity contribution in [2.45, 2.75) is 57.9 Å². The van der Waals surface area contributed by atoms with Crippen LogP contribution in [0.15, 0.2) is 24.3 Å². The zero-order valence-electron chi connectivity index (χ0n) is 19.7. The molecule has 0 radical (unpaired) electrons. The van der Waals surface area contributed by atoms with E-state index >= 15 is 0 Å². The van der Waals surface area contributed by atoms with Crippen molar-refractivity contribution in [3.63, 3.8) is 0 Å². The number of anilines is 1. The Labute approximate surface area is 198 Å². The van der Waals surface area contributed by atoms with Crippen molar-refractivity contribution in [3.8, 4) is 0 Å². The molecule has 2 aliphatic rings. The summed E-state index contributed by atoms with van der Waals surface area (Å²) in [5, 5.41) is 5.26. The number of nitrogens with zero attached hydrogens (tertiary/aromatic N) is 6. The number of hydrazine groups is 1. The molecule has 2 aromatic heterocycles. The van der Waals surface area contributed by atoms with E-state index in [-0.39, 0.29) is 24.7 Å². The number of nitrogens with one attached hydrogen (secondary N) is 2. The van der Waals surface area contributed by atoms with E-state index in [2.05, 4.69) is 30.8 Å². The van der Waals surface area contributed by atoms with Gasteiger partial charge in [0.25, 0.3) is 0 Å². The average Bonchev–Trinajstić information content (AvgIpc) is 3.28. The molecule has 34 heavy (non-hydrogen) atoms. The van der Waals surface area contributed by atoms with E-state index in [4.69, 9.17) is 0 Å². The van der Waals surface area contributed by atoms with E-state index in [9.17, 15) is 9.59 Å². The number of piperazine rings is 1. The van der Waals surface area contributed by atoms with Crippen molar-refractivity contribution in [1.82, 2.24) is 34.8 Å². The van der Waals surface area contributed by atoms with Crippen molar-refractivity contribution < 1.29 is 9.59 Å². The van der Waals surface area contributed by atoms with Gasteiger partial charge in [0.1, 0.15) is 5.82 Å². The Bertz CT molecular complexity index is 1180. The number of carbonyl (C=O) groups excluding carboxylic acids is 2. The van der Waals surface area contributed by atoms with Crippen molar-refractivity contribution >= 4 is 34.3 Å². The van der Waals surface area contributed by atoms with Gasteiger partial charge >= 0.3 is 0 Å². The van der Waals surface area contributed by atoms with Crippen LogP contribution in [0, 0.1) is 6.92 Å². The third kappa shape index (κ3) is 4.82. The average molecular weight is 465 g/mol. The maximum absolute atomic E-state index is 12.7. The number of carbonyl (C=O) groups is 2. The Morgan fingerprint density at radius 2 is 1.76 bits per heavy atom. The maximum Gasteiger partial charge on any atom is 0.245 e. The van der Waals surface area contributed by atoms with Gasteiger partial charge in [0.15, 0.2) is 5.65 Å². The molecule has 180 valence electrons. The fraction of sp³-hybridized carbons (Fsp3) is 0.542. The van der Waals surface area contributed by atoms with Gasteiger partial charge in [0, 0.05) is 50.4 Å². The molecule has 1 aromatic carbocycles. The number of benzene rings is 1. The van der Waals surface area contributed by atoms with Gasteiger partial charge in [0.2, 0.25) is 17.8 Å². The third-order valence-corrected chi connectivity index (χ3v) is 6.92. The van der Waals surface area contributed by atoms with Crippen LogP contribution in [0.1, 0.15) is 50.8 Å². The molecule has 1 aliphatic heterocycles. The first kappa shape index (κ1) is 22.5. The lowest BCUT2D eigenvalue weighted by molar-refractivity contribution is -0.135. The highest BCUT2D eigenvalue weighted by atomic mass is 16.2. The highest BCUT2D eigenvalue weighted by Crippen LogP contribution is 2.24. The van der Waals surface area contributed by atoms with E-state index in [1.54, 1.807) is 4.52 Å². The summed E-state index contributed by atoms with van der Waals surface area (Å²) in [5.74, 6) is 0.750. The van der Waals surface area contributed by atoms with Crippen molar-refractivity contribution in [2.75, 3.05) is 31.6 Å². The minimum Gasteiger partial charge on any atom is -0.340 e. The molecular weight excluding hydrogens is 432 g/mol. The Morgan fingerprint density at radius 3 is 2.56 bits per heavy atom. The van der Waals surface area contributed by atoms with E-state index < -0.39 is 0 Å². The fourth-order valence-corrected chi connectivity index (χ4v) is 5.09. The van der Waals surface area contributed by atoms with Gasteiger partial charge in [0.05, 0.1) is 5.52 Å². The van der Waals surface area contributed by atoms with E-state index in [1.807, 2.05) is 36.1 Å². The Balaban J connectivity index is 1.12. The quantitative estimate of drug-likeness (QED) is 0.539. The van der Waals surface area contributed by atoms with Crippen LogP contribution in [0.4, 0.5) is 5.95 Å². The molecule has 5 rings (SSSR count). The molecule has 10 nitrogen and oxygen atoms in total. The van der Waals surface area contributed by atoms with Gasteiger partial charge in [-0.05, 0) is 31.9 Å². The van der Waals surface area contributed by atoms with E-state index in [0.717, 1.165) is 37.1 Å². The summed E-state index contributed by atoms with van der Waals surface area (Å²) in [6.45, 7) is 5.18. The number of rotatable bonds is 6. The second kappa shape index (κ2) is 9.92. The molecule has 2 N–H and O–H groups in total. The lowest BCUT2D eigenvalue weighted by Gasteiger charge is -2.40.